The van der Waals surface area contributed by atoms with E-state index in [1.165, 1.54) is 40.6 Å². The van der Waals surface area contributed by atoms with E-state index in [-0.39, 0.29) is 49.8 Å². The standard InChI is InChI=1S/C23H24F3N5O4S/c24-23(25,26)15-35-17-6-4-16(5-7-17)31-21(34)18-8-11-30(12-13-32)20(18)29-22(31)36-14-1-3-19(33)28-10-2-9-27/h4-8,11,32H,1-3,10,12-15H2,(H,28,33). The molecule has 0 radical (unpaired) electrons. The molecule has 3 aromatic rings. The van der Waals surface area contributed by atoms with Gasteiger partial charge in [0.05, 0.1) is 30.2 Å². The molecule has 2 N–H and O–H groups in total. The molecule has 0 fully saturated rings. The molecule has 1 aromatic carbocycles. The summed E-state index contributed by atoms with van der Waals surface area (Å²) in [6.07, 6.45) is -1.88. The Bertz CT molecular complexity index is 1280. The van der Waals surface area contributed by atoms with Crippen LogP contribution in [0.1, 0.15) is 19.3 Å². The van der Waals surface area contributed by atoms with E-state index in [9.17, 15) is 27.9 Å². The van der Waals surface area contributed by atoms with Crippen molar-refractivity contribution < 1.29 is 27.8 Å². The number of nitrogens with one attached hydrogen (secondary N) is 1. The molecule has 0 saturated carbocycles. The largest absolute Gasteiger partial charge is 0.484 e. The van der Waals surface area contributed by atoms with Gasteiger partial charge < -0.3 is 19.7 Å². The number of rotatable bonds is 12. The third-order valence-electron chi connectivity index (χ3n) is 4.94. The van der Waals surface area contributed by atoms with Gasteiger partial charge in [-0.25, -0.2) is 4.98 Å². The Morgan fingerprint density at radius 2 is 2.00 bits per heavy atom. The predicted molar refractivity (Wildman–Crippen MR) is 127 cm³/mol. The van der Waals surface area contributed by atoms with Gasteiger partial charge in [-0.3, -0.25) is 14.2 Å². The van der Waals surface area contributed by atoms with Crippen molar-refractivity contribution in [3.8, 4) is 17.5 Å². The lowest BCUT2D eigenvalue weighted by Gasteiger charge is -2.14. The smallest absolute Gasteiger partial charge is 0.422 e. The number of fused-ring (bicyclic) bond motifs is 1. The molecule has 2 aromatic heterocycles. The van der Waals surface area contributed by atoms with Gasteiger partial charge in [-0.15, -0.1) is 0 Å². The van der Waals surface area contributed by atoms with E-state index in [0.29, 0.717) is 34.1 Å². The Kier molecular flexibility index (Phi) is 9.38. The van der Waals surface area contributed by atoms with Gasteiger partial charge in [0.25, 0.3) is 5.56 Å². The minimum Gasteiger partial charge on any atom is -0.484 e. The third-order valence-corrected chi connectivity index (χ3v) is 5.96. The van der Waals surface area contributed by atoms with Gasteiger partial charge in [0.2, 0.25) is 5.91 Å². The Labute approximate surface area is 208 Å². The number of aliphatic hydroxyl groups excluding tert-OH is 1. The second kappa shape index (κ2) is 12.5. The van der Waals surface area contributed by atoms with Crippen molar-refractivity contribution in [1.29, 1.82) is 5.26 Å². The highest BCUT2D eigenvalue weighted by molar-refractivity contribution is 7.99. The van der Waals surface area contributed by atoms with Crippen molar-refractivity contribution in [3.63, 3.8) is 0 Å². The van der Waals surface area contributed by atoms with Crippen LogP contribution in [-0.2, 0) is 11.3 Å². The van der Waals surface area contributed by atoms with E-state index in [1.54, 1.807) is 16.8 Å². The quantitative estimate of drug-likeness (QED) is 0.213. The molecule has 0 aliphatic rings. The number of carbonyl (C=O) groups excluding carboxylic acids is 1. The second-order valence-electron chi connectivity index (χ2n) is 7.61. The lowest BCUT2D eigenvalue weighted by Crippen LogP contribution is -2.24. The molecule has 13 heteroatoms. The summed E-state index contributed by atoms with van der Waals surface area (Å²) >= 11 is 1.25. The minimum atomic E-state index is -4.47. The summed E-state index contributed by atoms with van der Waals surface area (Å²) in [6.45, 7) is -1.04. The first kappa shape index (κ1) is 27.1. The number of aromatic nitrogens is 3. The Morgan fingerprint density at radius 1 is 1.25 bits per heavy atom. The van der Waals surface area contributed by atoms with Crippen LogP contribution in [0.3, 0.4) is 0 Å². The summed E-state index contributed by atoms with van der Waals surface area (Å²) in [5.74, 6) is 0.277. The maximum Gasteiger partial charge on any atom is 0.422 e. The van der Waals surface area contributed by atoms with Crippen molar-refractivity contribution >= 4 is 28.7 Å². The van der Waals surface area contributed by atoms with Crippen LogP contribution < -0.4 is 15.6 Å². The topological polar surface area (TPSA) is 122 Å². The van der Waals surface area contributed by atoms with Crippen molar-refractivity contribution in [2.24, 2.45) is 0 Å². The first-order valence-electron chi connectivity index (χ1n) is 11.0. The number of nitrogens with zero attached hydrogens (tertiary/aromatic N) is 4. The van der Waals surface area contributed by atoms with E-state index in [1.807, 2.05) is 6.07 Å². The summed E-state index contributed by atoms with van der Waals surface area (Å²) in [6, 6.07) is 9.17. The fourth-order valence-corrected chi connectivity index (χ4v) is 4.26. The van der Waals surface area contributed by atoms with Crippen molar-refractivity contribution in [1.82, 2.24) is 19.4 Å². The molecule has 0 atom stereocenters. The van der Waals surface area contributed by atoms with Gasteiger partial charge in [0.15, 0.2) is 11.8 Å². The first-order chi connectivity index (χ1) is 17.2. The zero-order chi connectivity index (χ0) is 26.1. The number of halogens is 3. The number of nitriles is 1. The zero-order valence-electron chi connectivity index (χ0n) is 19.1. The van der Waals surface area contributed by atoms with Crippen LogP contribution in [0.4, 0.5) is 13.2 Å². The van der Waals surface area contributed by atoms with Gasteiger partial charge >= 0.3 is 6.18 Å². The molecule has 0 bridgehead atoms. The lowest BCUT2D eigenvalue weighted by atomic mass is 10.3. The number of alkyl halides is 3. The van der Waals surface area contributed by atoms with Gasteiger partial charge in [-0.2, -0.15) is 18.4 Å². The summed E-state index contributed by atoms with van der Waals surface area (Å²) in [7, 11) is 0. The molecule has 0 unspecified atom stereocenters. The Morgan fingerprint density at radius 3 is 2.67 bits per heavy atom. The third kappa shape index (κ3) is 7.25. The number of hydrogen-bond acceptors (Lipinski definition) is 7. The number of thioether (sulfide) groups is 1. The van der Waals surface area contributed by atoms with Crippen molar-refractivity contribution in [2.45, 2.75) is 37.1 Å². The molecule has 192 valence electrons. The van der Waals surface area contributed by atoms with Crippen LogP contribution in [-0.4, -0.2) is 56.8 Å². The first-order valence-corrected chi connectivity index (χ1v) is 12.0. The second-order valence-corrected chi connectivity index (χ2v) is 8.67. The Balaban J connectivity index is 1.85. The SMILES string of the molecule is N#CCCNC(=O)CCCSc1nc2c(ccn2CCO)c(=O)n1-c1ccc(OCC(F)(F)F)cc1. The molecule has 0 spiro atoms. The summed E-state index contributed by atoms with van der Waals surface area (Å²) in [5, 5.41) is 21.2. The molecule has 3 rings (SSSR count). The summed E-state index contributed by atoms with van der Waals surface area (Å²) in [4.78, 5) is 29.8. The monoisotopic (exact) mass is 523 g/mol. The average molecular weight is 524 g/mol. The molecule has 2 heterocycles. The number of carbonyl (C=O) groups is 1. The van der Waals surface area contributed by atoms with Crippen LogP contribution >= 0.6 is 11.8 Å². The van der Waals surface area contributed by atoms with Crippen LogP contribution in [0.2, 0.25) is 0 Å². The van der Waals surface area contributed by atoms with E-state index in [2.05, 4.69) is 10.3 Å². The van der Waals surface area contributed by atoms with Crippen LogP contribution in [0, 0.1) is 11.3 Å². The van der Waals surface area contributed by atoms with E-state index in [0.717, 1.165) is 0 Å². The van der Waals surface area contributed by atoms with E-state index in [4.69, 9.17) is 10.00 Å². The van der Waals surface area contributed by atoms with E-state index < -0.39 is 12.8 Å². The number of benzene rings is 1. The van der Waals surface area contributed by atoms with Gasteiger partial charge in [-0.05, 0) is 36.8 Å². The highest BCUT2D eigenvalue weighted by atomic mass is 32.2. The molecular weight excluding hydrogens is 499 g/mol. The molecule has 0 saturated heterocycles. The minimum absolute atomic E-state index is 0.00359. The van der Waals surface area contributed by atoms with Crippen LogP contribution in [0.25, 0.3) is 16.7 Å². The molecule has 1 amide bonds. The fraction of sp³-hybridized carbons (Fsp3) is 0.391. The number of ether oxygens (including phenoxy) is 1. The number of amides is 1. The van der Waals surface area contributed by atoms with Crippen LogP contribution in [0.5, 0.6) is 5.75 Å². The van der Waals surface area contributed by atoms with Gasteiger partial charge in [0, 0.05) is 31.5 Å². The summed E-state index contributed by atoms with van der Waals surface area (Å²) < 4.78 is 45.1. The predicted octanol–water partition coefficient (Wildman–Crippen LogP) is 3.02. The van der Waals surface area contributed by atoms with Crippen molar-refractivity contribution in [2.75, 3.05) is 25.5 Å². The molecule has 36 heavy (non-hydrogen) atoms. The van der Waals surface area contributed by atoms with E-state index >= 15 is 0 Å². The lowest BCUT2D eigenvalue weighted by molar-refractivity contribution is -0.153. The molecule has 0 aliphatic heterocycles. The number of aliphatic hydroxyl groups is 1. The van der Waals surface area contributed by atoms with Gasteiger partial charge in [0.1, 0.15) is 11.4 Å². The zero-order valence-corrected chi connectivity index (χ0v) is 19.9. The molecule has 9 nitrogen and oxygen atoms in total. The molecular formula is C23H24F3N5O4S. The molecule has 0 aliphatic carbocycles. The maximum atomic E-state index is 13.4. The normalized spacial score (nSPS) is 11.4. The van der Waals surface area contributed by atoms with Crippen molar-refractivity contribution in [3.05, 3.63) is 46.9 Å². The maximum absolute atomic E-state index is 13.4. The van der Waals surface area contributed by atoms with Gasteiger partial charge in [-0.1, -0.05) is 11.8 Å². The fourth-order valence-electron chi connectivity index (χ4n) is 3.32. The Hall–Kier alpha value is -3.50. The average Bonchev–Trinajstić information content (AvgIpc) is 3.24. The highest BCUT2D eigenvalue weighted by Gasteiger charge is 2.28. The van der Waals surface area contributed by atoms with Crippen LogP contribution in [0.15, 0.2) is 46.5 Å². The summed E-state index contributed by atoms with van der Waals surface area (Å²) in [5.41, 5.74) is 0.407. The highest BCUT2D eigenvalue weighted by Crippen LogP contribution is 2.25. The number of hydrogen-bond donors (Lipinski definition) is 2.